The van der Waals surface area contributed by atoms with Gasteiger partial charge in [-0.2, -0.15) is 0 Å². The van der Waals surface area contributed by atoms with Gasteiger partial charge in [0.2, 0.25) is 11.8 Å². The van der Waals surface area contributed by atoms with E-state index in [1.165, 1.54) is 0 Å². The van der Waals surface area contributed by atoms with Crippen LogP contribution in [-0.2, 0) is 22.6 Å². The van der Waals surface area contributed by atoms with Gasteiger partial charge in [-0.25, -0.2) is 0 Å². The Hall–Kier alpha value is -1.88. The lowest BCUT2D eigenvalue weighted by Crippen LogP contribution is -2.55. The number of hydrogen-bond acceptors (Lipinski definition) is 3. The number of amides is 2. The van der Waals surface area contributed by atoms with Gasteiger partial charge in [-0.15, -0.1) is 0 Å². The molecule has 1 fully saturated rings. The average molecular weight is 343 g/mol. The Morgan fingerprint density at radius 3 is 2.60 bits per heavy atom. The Morgan fingerprint density at radius 2 is 1.96 bits per heavy atom. The topological polar surface area (TPSA) is 75.4 Å². The second kappa shape index (κ2) is 7.56. The van der Waals surface area contributed by atoms with Crippen molar-refractivity contribution in [3.8, 4) is 0 Å². The van der Waals surface area contributed by atoms with E-state index in [1.54, 1.807) is 4.90 Å². The minimum Gasteiger partial charge on any atom is -0.353 e. The van der Waals surface area contributed by atoms with E-state index in [-0.39, 0.29) is 23.8 Å². The van der Waals surface area contributed by atoms with Gasteiger partial charge in [0, 0.05) is 31.5 Å². The largest absolute Gasteiger partial charge is 0.353 e. The Kier molecular flexibility index (Phi) is 5.42. The fraction of sp³-hybridized carbons (Fsp3) is 0.600. The third-order valence-electron chi connectivity index (χ3n) is 5.61. The summed E-state index contributed by atoms with van der Waals surface area (Å²) >= 11 is 0. The Balaban J connectivity index is 1.74. The zero-order chi connectivity index (χ0) is 18.0. The van der Waals surface area contributed by atoms with Gasteiger partial charge in [-0.05, 0) is 36.3 Å². The SMILES string of the molecule is CCC(C)C(=O)N1Cc2ccccc2CC1C(=O)NCC(N)C1CC1. The van der Waals surface area contributed by atoms with E-state index in [9.17, 15) is 9.59 Å². The molecule has 0 aromatic heterocycles. The molecule has 1 aliphatic carbocycles. The minimum atomic E-state index is -0.442. The first kappa shape index (κ1) is 17.9. The zero-order valence-corrected chi connectivity index (χ0v) is 15.2. The highest BCUT2D eigenvalue weighted by atomic mass is 16.2. The van der Waals surface area contributed by atoms with Crippen molar-refractivity contribution in [3.63, 3.8) is 0 Å². The summed E-state index contributed by atoms with van der Waals surface area (Å²) in [5, 5.41) is 2.99. The predicted molar refractivity (Wildman–Crippen MR) is 97.6 cm³/mol. The van der Waals surface area contributed by atoms with Crippen LogP contribution in [0.1, 0.15) is 44.2 Å². The van der Waals surface area contributed by atoms with Crippen LogP contribution in [0, 0.1) is 11.8 Å². The van der Waals surface area contributed by atoms with Crippen LogP contribution in [-0.4, -0.2) is 35.3 Å². The molecule has 1 aliphatic heterocycles. The third-order valence-corrected chi connectivity index (χ3v) is 5.61. The van der Waals surface area contributed by atoms with Gasteiger partial charge in [0.25, 0.3) is 0 Å². The lowest BCUT2D eigenvalue weighted by atomic mass is 9.92. The first-order valence-electron chi connectivity index (χ1n) is 9.41. The molecule has 3 atom stereocenters. The first-order chi connectivity index (χ1) is 12.0. The molecule has 3 N–H and O–H groups in total. The maximum absolute atomic E-state index is 12.8. The van der Waals surface area contributed by atoms with Crippen LogP contribution < -0.4 is 11.1 Å². The molecule has 0 bridgehead atoms. The van der Waals surface area contributed by atoms with Crippen molar-refractivity contribution < 1.29 is 9.59 Å². The van der Waals surface area contributed by atoms with Crippen LogP contribution in [0.2, 0.25) is 0 Å². The summed E-state index contributed by atoms with van der Waals surface area (Å²) in [4.78, 5) is 27.4. The number of fused-ring (bicyclic) bond motifs is 1. The monoisotopic (exact) mass is 343 g/mol. The van der Waals surface area contributed by atoms with Crippen molar-refractivity contribution in [3.05, 3.63) is 35.4 Å². The fourth-order valence-corrected chi connectivity index (χ4v) is 3.47. The number of carbonyl (C=O) groups excluding carboxylic acids is 2. The van der Waals surface area contributed by atoms with Crippen molar-refractivity contribution >= 4 is 11.8 Å². The second-order valence-corrected chi connectivity index (χ2v) is 7.51. The van der Waals surface area contributed by atoms with Gasteiger partial charge in [-0.3, -0.25) is 9.59 Å². The molecular formula is C20H29N3O2. The number of rotatable bonds is 6. The van der Waals surface area contributed by atoms with Crippen LogP contribution in [0.3, 0.4) is 0 Å². The van der Waals surface area contributed by atoms with Gasteiger partial charge >= 0.3 is 0 Å². The van der Waals surface area contributed by atoms with E-state index in [2.05, 4.69) is 11.4 Å². The molecule has 1 aromatic rings. The van der Waals surface area contributed by atoms with Gasteiger partial charge in [0.15, 0.2) is 0 Å². The highest BCUT2D eigenvalue weighted by Crippen LogP contribution is 2.31. The van der Waals surface area contributed by atoms with Crippen LogP contribution in [0.25, 0.3) is 0 Å². The number of nitrogens with zero attached hydrogens (tertiary/aromatic N) is 1. The molecule has 0 spiro atoms. The van der Waals surface area contributed by atoms with E-state index >= 15 is 0 Å². The molecular weight excluding hydrogens is 314 g/mol. The number of hydrogen-bond donors (Lipinski definition) is 2. The van der Waals surface area contributed by atoms with Crippen LogP contribution in [0.4, 0.5) is 0 Å². The summed E-state index contributed by atoms with van der Waals surface area (Å²) in [6.07, 6.45) is 3.67. The van der Waals surface area contributed by atoms with E-state index in [4.69, 9.17) is 5.73 Å². The van der Waals surface area contributed by atoms with Crippen LogP contribution >= 0.6 is 0 Å². The van der Waals surface area contributed by atoms with E-state index in [0.717, 1.165) is 30.4 Å². The molecule has 3 unspecified atom stereocenters. The van der Waals surface area contributed by atoms with E-state index in [1.807, 2.05) is 32.0 Å². The molecule has 1 aromatic carbocycles. The Bertz CT molecular complexity index is 642. The quantitative estimate of drug-likeness (QED) is 0.827. The molecule has 2 aliphatic rings. The summed E-state index contributed by atoms with van der Waals surface area (Å²) < 4.78 is 0. The van der Waals surface area contributed by atoms with Gasteiger partial charge in [-0.1, -0.05) is 38.1 Å². The minimum absolute atomic E-state index is 0.0264. The standard InChI is InChI=1S/C20H29N3O2/c1-3-13(2)20(25)23-12-16-7-5-4-6-15(16)10-18(23)19(24)22-11-17(21)14-8-9-14/h4-7,13-14,17-18H,3,8-12,21H2,1-2H3,(H,22,24). The maximum atomic E-state index is 12.8. The Morgan fingerprint density at radius 1 is 1.28 bits per heavy atom. The Labute approximate surface area is 150 Å². The fourth-order valence-electron chi connectivity index (χ4n) is 3.47. The summed E-state index contributed by atoms with van der Waals surface area (Å²) in [5.41, 5.74) is 8.39. The first-order valence-corrected chi connectivity index (χ1v) is 9.41. The highest BCUT2D eigenvalue weighted by Gasteiger charge is 2.36. The molecule has 5 nitrogen and oxygen atoms in total. The van der Waals surface area contributed by atoms with Crippen molar-refractivity contribution in [2.24, 2.45) is 17.6 Å². The second-order valence-electron chi connectivity index (χ2n) is 7.51. The van der Waals surface area contributed by atoms with Gasteiger partial charge in [0.05, 0.1) is 0 Å². The van der Waals surface area contributed by atoms with Crippen molar-refractivity contribution in [1.82, 2.24) is 10.2 Å². The van der Waals surface area contributed by atoms with Crippen LogP contribution in [0.15, 0.2) is 24.3 Å². The third kappa shape index (κ3) is 4.03. The lowest BCUT2D eigenvalue weighted by molar-refractivity contribution is -0.144. The molecule has 5 heteroatoms. The molecule has 0 radical (unpaired) electrons. The maximum Gasteiger partial charge on any atom is 0.243 e. The van der Waals surface area contributed by atoms with Gasteiger partial charge < -0.3 is 16.0 Å². The number of nitrogens with two attached hydrogens (primary N) is 1. The predicted octanol–water partition coefficient (Wildman–Crippen LogP) is 1.84. The summed E-state index contributed by atoms with van der Waals surface area (Å²) in [5.74, 6) is 0.449. The lowest BCUT2D eigenvalue weighted by Gasteiger charge is -2.37. The summed E-state index contributed by atoms with van der Waals surface area (Å²) in [6, 6.07) is 7.66. The van der Waals surface area contributed by atoms with E-state index < -0.39 is 6.04 Å². The van der Waals surface area contributed by atoms with Gasteiger partial charge in [0.1, 0.15) is 6.04 Å². The zero-order valence-electron chi connectivity index (χ0n) is 15.2. The normalized spacial score (nSPS) is 22.0. The smallest absolute Gasteiger partial charge is 0.243 e. The molecule has 1 saturated carbocycles. The molecule has 2 amide bonds. The molecule has 3 rings (SSSR count). The van der Waals surface area contributed by atoms with Crippen molar-refractivity contribution in [1.29, 1.82) is 0 Å². The number of nitrogens with one attached hydrogen (secondary N) is 1. The average Bonchev–Trinajstić information content (AvgIpc) is 3.48. The van der Waals surface area contributed by atoms with Crippen molar-refractivity contribution in [2.75, 3.05) is 6.54 Å². The highest BCUT2D eigenvalue weighted by molar-refractivity contribution is 5.89. The van der Waals surface area contributed by atoms with E-state index in [0.29, 0.717) is 25.4 Å². The number of carbonyl (C=O) groups is 2. The summed E-state index contributed by atoms with van der Waals surface area (Å²) in [7, 11) is 0. The summed E-state index contributed by atoms with van der Waals surface area (Å²) in [6.45, 7) is 4.93. The molecule has 136 valence electrons. The molecule has 0 saturated heterocycles. The molecule has 25 heavy (non-hydrogen) atoms. The molecule has 1 heterocycles. The van der Waals surface area contributed by atoms with Crippen molar-refractivity contribution in [2.45, 2.75) is 58.2 Å². The van der Waals surface area contributed by atoms with Crippen LogP contribution in [0.5, 0.6) is 0 Å². The number of benzene rings is 1.